The second-order valence-corrected chi connectivity index (χ2v) is 4.84. The number of hydrogen-bond acceptors (Lipinski definition) is 4. The first kappa shape index (κ1) is 14.1. The van der Waals surface area contributed by atoms with E-state index in [1.165, 1.54) is 5.56 Å². The van der Waals surface area contributed by atoms with E-state index in [2.05, 4.69) is 11.0 Å². The molecule has 0 saturated heterocycles. The summed E-state index contributed by atoms with van der Waals surface area (Å²) in [6.45, 7) is 1.00. The molecular formula is C15H21NO3. The number of nitrogens with zero attached hydrogens (tertiary/aromatic N) is 1. The fourth-order valence-electron chi connectivity index (χ4n) is 2.31. The third-order valence-electron chi connectivity index (χ3n) is 3.59. The minimum Gasteiger partial charge on any atom is -0.464 e. The van der Waals surface area contributed by atoms with Gasteiger partial charge in [0.05, 0.1) is 12.9 Å². The van der Waals surface area contributed by atoms with Crippen LogP contribution in [0.1, 0.15) is 12.0 Å². The molecule has 0 fully saturated rings. The number of aliphatic hydroxyl groups excluding tert-OH is 2. The Morgan fingerprint density at radius 3 is 2.79 bits per heavy atom. The zero-order valence-electron chi connectivity index (χ0n) is 11.2. The molecule has 0 bridgehead atoms. The largest absolute Gasteiger partial charge is 0.464 e. The van der Waals surface area contributed by atoms with Crippen LogP contribution in [0.5, 0.6) is 0 Å². The first-order chi connectivity index (χ1) is 9.26. The van der Waals surface area contributed by atoms with Crippen molar-refractivity contribution in [1.82, 2.24) is 4.90 Å². The highest BCUT2D eigenvalue weighted by atomic mass is 16.3. The third-order valence-corrected chi connectivity index (χ3v) is 3.59. The molecule has 1 atom stereocenters. The van der Waals surface area contributed by atoms with E-state index in [4.69, 9.17) is 9.52 Å². The van der Waals surface area contributed by atoms with Gasteiger partial charge in [0.25, 0.3) is 0 Å². The Hall–Kier alpha value is -1.36. The van der Waals surface area contributed by atoms with Gasteiger partial charge in [-0.3, -0.25) is 0 Å². The van der Waals surface area contributed by atoms with Crippen molar-refractivity contribution in [3.8, 4) is 0 Å². The van der Waals surface area contributed by atoms with Gasteiger partial charge in [-0.1, -0.05) is 18.2 Å². The Bertz CT molecular complexity index is 509. The molecule has 2 N–H and O–H groups in total. The van der Waals surface area contributed by atoms with Crippen molar-refractivity contribution < 1.29 is 14.6 Å². The summed E-state index contributed by atoms with van der Waals surface area (Å²) in [5.74, 6) is 0. The number of hydrogen-bond donors (Lipinski definition) is 2. The highest BCUT2D eigenvalue weighted by Crippen LogP contribution is 2.21. The van der Waals surface area contributed by atoms with E-state index in [1.807, 2.05) is 25.2 Å². The van der Waals surface area contributed by atoms with Gasteiger partial charge in [0.1, 0.15) is 5.58 Å². The quantitative estimate of drug-likeness (QED) is 0.797. The van der Waals surface area contributed by atoms with Crippen molar-refractivity contribution in [2.45, 2.75) is 18.9 Å². The summed E-state index contributed by atoms with van der Waals surface area (Å²) in [7, 11) is 1.97. The molecule has 4 nitrogen and oxygen atoms in total. The molecule has 1 heterocycles. The zero-order valence-corrected chi connectivity index (χ0v) is 11.2. The molecule has 0 aliphatic carbocycles. The van der Waals surface area contributed by atoms with Crippen molar-refractivity contribution in [1.29, 1.82) is 0 Å². The monoisotopic (exact) mass is 263 g/mol. The summed E-state index contributed by atoms with van der Waals surface area (Å²) in [4.78, 5) is 2.08. The van der Waals surface area contributed by atoms with E-state index in [0.717, 1.165) is 23.9 Å². The van der Waals surface area contributed by atoms with Gasteiger partial charge < -0.3 is 19.5 Å². The van der Waals surface area contributed by atoms with Crippen molar-refractivity contribution in [3.05, 3.63) is 36.1 Å². The van der Waals surface area contributed by atoms with Crippen LogP contribution in [0.3, 0.4) is 0 Å². The Morgan fingerprint density at radius 1 is 1.26 bits per heavy atom. The second kappa shape index (κ2) is 6.70. The second-order valence-electron chi connectivity index (χ2n) is 4.84. The highest BCUT2D eigenvalue weighted by molar-refractivity contribution is 5.80. The summed E-state index contributed by atoms with van der Waals surface area (Å²) < 4.78 is 5.51. The van der Waals surface area contributed by atoms with Gasteiger partial charge in [-0.05, 0) is 31.5 Å². The van der Waals surface area contributed by atoms with Gasteiger partial charge in [-0.2, -0.15) is 0 Å². The van der Waals surface area contributed by atoms with Crippen LogP contribution in [-0.2, 0) is 6.42 Å². The van der Waals surface area contributed by atoms with E-state index < -0.39 is 0 Å². The fourth-order valence-corrected chi connectivity index (χ4v) is 2.31. The Morgan fingerprint density at radius 2 is 2.05 bits per heavy atom. The van der Waals surface area contributed by atoms with E-state index >= 15 is 0 Å². The molecule has 0 aliphatic heterocycles. The van der Waals surface area contributed by atoms with E-state index in [0.29, 0.717) is 6.42 Å². The van der Waals surface area contributed by atoms with Crippen LogP contribution >= 0.6 is 0 Å². The van der Waals surface area contributed by atoms with Crippen molar-refractivity contribution >= 4 is 11.0 Å². The van der Waals surface area contributed by atoms with Crippen LogP contribution in [0.25, 0.3) is 11.0 Å². The number of fused-ring (bicyclic) bond motifs is 1. The molecule has 0 radical (unpaired) electrons. The molecule has 0 spiro atoms. The molecule has 0 amide bonds. The van der Waals surface area contributed by atoms with Crippen LogP contribution in [0.15, 0.2) is 34.9 Å². The average Bonchev–Trinajstić information content (AvgIpc) is 2.85. The first-order valence-electron chi connectivity index (χ1n) is 6.63. The average molecular weight is 263 g/mol. The molecule has 0 aliphatic rings. The molecule has 2 aromatic rings. The summed E-state index contributed by atoms with van der Waals surface area (Å²) >= 11 is 0. The number of furan rings is 1. The third kappa shape index (κ3) is 3.35. The maximum absolute atomic E-state index is 9.29. The van der Waals surface area contributed by atoms with Gasteiger partial charge in [-0.25, -0.2) is 0 Å². The molecule has 2 rings (SSSR count). The molecule has 4 heteroatoms. The number of likely N-dealkylation sites (N-methyl/N-ethyl adjacent to an activating group) is 1. The maximum Gasteiger partial charge on any atom is 0.134 e. The summed E-state index contributed by atoms with van der Waals surface area (Å²) in [5, 5.41) is 19.4. The lowest BCUT2D eigenvalue weighted by Crippen LogP contribution is -2.36. The topological polar surface area (TPSA) is 56.8 Å². The van der Waals surface area contributed by atoms with Crippen LogP contribution in [0.4, 0.5) is 0 Å². The van der Waals surface area contributed by atoms with E-state index in [9.17, 15) is 5.11 Å². The van der Waals surface area contributed by atoms with Gasteiger partial charge in [0, 0.05) is 24.6 Å². The Balaban J connectivity index is 1.98. The minimum absolute atomic E-state index is 0.0168. The van der Waals surface area contributed by atoms with Crippen molar-refractivity contribution in [3.63, 3.8) is 0 Å². The number of rotatable bonds is 7. The number of aliphatic hydroxyl groups is 2. The molecule has 1 aromatic heterocycles. The summed E-state index contributed by atoms with van der Waals surface area (Å²) in [6, 6.07) is 8.01. The fraction of sp³-hybridized carbons (Fsp3) is 0.467. The summed E-state index contributed by atoms with van der Waals surface area (Å²) in [6.07, 6.45) is 3.27. The maximum atomic E-state index is 9.29. The van der Waals surface area contributed by atoms with Crippen LogP contribution in [0.2, 0.25) is 0 Å². The van der Waals surface area contributed by atoms with Gasteiger partial charge in [0.15, 0.2) is 0 Å². The molecule has 104 valence electrons. The lowest BCUT2D eigenvalue weighted by Gasteiger charge is -2.25. The molecule has 1 unspecified atom stereocenters. The van der Waals surface area contributed by atoms with Gasteiger partial charge in [0.2, 0.25) is 0 Å². The molecule has 1 aromatic carbocycles. The van der Waals surface area contributed by atoms with Crippen molar-refractivity contribution in [2.24, 2.45) is 0 Å². The standard InChI is InChI=1S/C15H21NO3/c1-16(13(10-18)7-9-17)8-6-12-11-19-15-5-3-2-4-14(12)15/h2-5,11,13,17-18H,6-10H2,1H3. The number of para-hydroxylation sites is 1. The number of benzene rings is 1. The van der Waals surface area contributed by atoms with Crippen molar-refractivity contribution in [2.75, 3.05) is 26.8 Å². The normalized spacial score (nSPS) is 13.3. The van der Waals surface area contributed by atoms with Gasteiger partial charge >= 0.3 is 0 Å². The van der Waals surface area contributed by atoms with Gasteiger partial charge in [-0.15, -0.1) is 0 Å². The van der Waals surface area contributed by atoms with Crippen LogP contribution in [0, 0.1) is 0 Å². The molecule has 19 heavy (non-hydrogen) atoms. The highest BCUT2D eigenvalue weighted by Gasteiger charge is 2.14. The predicted octanol–water partition coefficient (Wildman–Crippen LogP) is 1.65. The minimum atomic E-state index is 0.0168. The van der Waals surface area contributed by atoms with E-state index in [-0.39, 0.29) is 19.3 Å². The SMILES string of the molecule is CN(CCc1coc2ccccc12)C(CO)CCO. The zero-order chi connectivity index (χ0) is 13.7. The van der Waals surface area contributed by atoms with E-state index in [1.54, 1.807) is 6.26 Å². The summed E-state index contributed by atoms with van der Waals surface area (Å²) in [5.41, 5.74) is 2.09. The lowest BCUT2D eigenvalue weighted by atomic mass is 10.1. The predicted molar refractivity (Wildman–Crippen MR) is 75.1 cm³/mol. The Kier molecular flexibility index (Phi) is 4.96. The van der Waals surface area contributed by atoms with Crippen LogP contribution < -0.4 is 0 Å². The Labute approximate surface area is 113 Å². The first-order valence-corrected chi connectivity index (χ1v) is 6.63. The lowest BCUT2D eigenvalue weighted by molar-refractivity contribution is 0.120. The molecule has 0 saturated carbocycles. The smallest absolute Gasteiger partial charge is 0.134 e. The van der Waals surface area contributed by atoms with Crippen LogP contribution in [-0.4, -0.2) is 48.0 Å². The molecular weight excluding hydrogens is 242 g/mol.